The first-order chi connectivity index (χ1) is 14.3. The Hall–Kier alpha value is -3.10. The molecule has 0 aliphatic heterocycles. The first-order valence-electron chi connectivity index (χ1n) is 10.2. The number of fused-ring (bicyclic) bond motifs is 1. The van der Waals surface area contributed by atoms with E-state index in [9.17, 15) is 0 Å². The zero-order chi connectivity index (χ0) is 19.9. The highest BCUT2D eigenvalue weighted by Gasteiger charge is 2.12. The molecule has 0 fully saturated rings. The standard InChI is InChI=1S/C27H27NO/c1-28(19-18-22-10-4-2-5-11-22)20-26-25-15-9-8-14-24(25)16-17-27(26)29-21-23-12-6-3-7-13-23/h2-17H,18-21H2,1H3. The van der Waals surface area contributed by atoms with Crippen LogP contribution in [0, 0.1) is 0 Å². The van der Waals surface area contributed by atoms with Gasteiger partial charge in [-0.25, -0.2) is 0 Å². The van der Waals surface area contributed by atoms with Crippen LogP contribution in [-0.2, 0) is 19.6 Å². The first-order valence-corrected chi connectivity index (χ1v) is 10.2. The molecule has 4 aromatic carbocycles. The summed E-state index contributed by atoms with van der Waals surface area (Å²) in [6.07, 6.45) is 1.04. The fraction of sp³-hybridized carbons (Fsp3) is 0.185. The molecule has 0 N–H and O–H groups in total. The van der Waals surface area contributed by atoms with E-state index in [4.69, 9.17) is 4.74 Å². The molecule has 0 heterocycles. The zero-order valence-corrected chi connectivity index (χ0v) is 16.9. The smallest absolute Gasteiger partial charge is 0.124 e. The van der Waals surface area contributed by atoms with Gasteiger partial charge in [-0.15, -0.1) is 0 Å². The van der Waals surface area contributed by atoms with E-state index in [1.165, 1.54) is 27.5 Å². The van der Waals surface area contributed by atoms with Crippen molar-refractivity contribution in [1.29, 1.82) is 0 Å². The molecule has 4 aromatic rings. The minimum atomic E-state index is 0.583. The van der Waals surface area contributed by atoms with Gasteiger partial charge in [0.1, 0.15) is 12.4 Å². The van der Waals surface area contributed by atoms with Crippen molar-refractivity contribution in [3.63, 3.8) is 0 Å². The summed E-state index contributed by atoms with van der Waals surface area (Å²) in [5, 5.41) is 2.52. The second kappa shape index (κ2) is 9.40. The Morgan fingerprint density at radius 1 is 0.690 bits per heavy atom. The lowest BCUT2D eigenvalue weighted by atomic mass is 10.0. The van der Waals surface area contributed by atoms with Crippen LogP contribution in [0.2, 0.25) is 0 Å². The molecule has 2 nitrogen and oxygen atoms in total. The molecular weight excluding hydrogens is 354 g/mol. The molecule has 4 rings (SSSR count). The highest BCUT2D eigenvalue weighted by molar-refractivity contribution is 5.87. The number of benzene rings is 4. The summed E-state index contributed by atoms with van der Waals surface area (Å²) in [7, 11) is 2.19. The molecule has 0 saturated heterocycles. The van der Waals surface area contributed by atoms with Crippen LogP contribution < -0.4 is 4.74 Å². The number of hydrogen-bond donors (Lipinski definition) is 0. The van der Waals surface area contributed by atoms with E-state index in [0.717, 1.165) is 25.3 Å². The summed E-state index contributed by atoms with van der Waals surface area (Å²) in [5.74, 6) is 0.971. The van der Waals surface area contributed by atoms with Crippen LogP contribution in [0.1, 0.15) is 16.7 Å². The predicted molar refractivity (Wildman–Crippen MR) is 121 cm³/mol. The molecule has 0 amide bonds. The number of rotatable bonds is 8. The van der Waals surface area contributed by atoms with Crippen molar-refractivity contribution in [2.45, 2.75) is 19.6 Å². The molecule has 0 bridgehead atoms. The molecule has 0 atom stereocenters. The highest BCUT2D eigenvalue weighted by atomic mass is 16.5. The summed E-state index contributed by atoms with van der Waals surface area (Å²) in [4.78, 5) is 2.38. The van der Waals surface area contributed by atoms with Crippen molar-refractivity contribution >= 4 is 10.8 Å². The van der Waals surface area contributed by atoms with E-state index >= 15 is 0 Å². The summed E-state index contributed by atoms with van der Waals surface area (Å²) < 4.78 is 6.27. The van der Waals surface area contributed by atoms with Crippen molar-refractivity contribution < 1.29 is 4.74 Å². The molecule has 0 unspecified atom stereocenters. The molecule has 0 aromatic heterocycles. The maximum atomic E-state index is 6.27. The van der Waals surface area contributed by atoms with Crippen LogP contribution in [0.3, 0.4) is 0 Å². The monoisotopic (exact) mass is 381 g/mol. The van der Waals surface area contributed by atoms with Crippen molar-refractivity contribution in [1.82, 2.24) is 4.90 Å². The third kappa shape index (κ3) is 5.04. The van der Waals surface area contributed by atoms with Gasteiger partial charge < -0.3 is 9.64 Å². The molecular formula is C27H27NO. The van der Waals surface area contributed by atoms with Crippen LogP contribution in [0.25, 0.3) is 10.8 Å². The molecule has 0 aliphatic carbocycles. The summed E-state index contributed by atoms with van der Waals surface area (Å²) >= 11 is 0. The second-order valence-electron chi connectivity index (χ2n) is 7.51. The topological polar surface area (TPSA) is 12.5 Å². The van der Waals surface area contributed by atoms with Gasteiger partial charge in [-0.1, -0.05) is 91.0 Å². The lowest BCUT2D eigenvalue weighted by Crippen LogP contribution is -2.21. The summed E-state index contributed by atoms with van der Waals surface area (Å²) in [5.41, 5.74) is 3.82. The Morgan fingerprint density at radius 2 is 1.34 bits per heavy atom. The number of ether oxygens (including phenoxy) is 1. The van der Waals surface area contributed by atoms with Crippen molar-refractivity contribution in [2.75, 3.05) is 13.6 Å². The Balaban J connectivity index is 1.53. The van der Waals surface area contributed by atoms with Crippen LogP contribution in [0.15, 0.2) is 97.1 Å². The van der Waals surface area contributed by atoms with Crippen LogP contribution >= 0.6 is 0 Å². The molecule has 0 spiro atoms. The van der Waals surface area contributed by atoms with Gasteiger partial charge in [0.25, 0.3) is 0 Å². The lowest BCUT2D eigenvalue weighted by molar-refractivity contribution is 0.287. The number of nitrogens with zero attached hydrogens (tertiary/aromatic N) is 1. The van der Waals surface area contributed by atoms with Gasteiger partial charge in [-0.05, 0) is 41.4 Å². The summed E-state index contributed by atoms with van der Waals surface area (Å²) in [6.45, 7) is 2.45. The van der Waals surface area contributed by atoms with Gasteiger partial charge >= 0.3 is 0 Å². The maximum Gasteiger partial charge on any atom is 0.124 e. The van der Waals surface area contributed by atoms with Crippen LogP contribution in [-0.4, -0.2) is 18.5 Å². The van der Waals surface area contributed by atoms with Gasteiger partial charge in [-0.3, -0.25) is 0 Å². The fourth-order valence-corrected chi connectivity index (χ4v) is 3.66. The molecule has 0 aliphatic rings. The minimum absolute atomic E-state index is 0.583. The van der Waals surface area contributed by atoms with E-state index in [0.29, 0.717) is 6.61 Å². The van der Waals surface area contributed by atoms with Crippen molar-refractivity contribution in [3.05, 3.63) is 114 Å². The normalized spacial score (nSPS) is 11.1. The minimum Gasteiger partial charge on any atom is -0.489 e. The Bertz CT molecular complexity index is 1040. The molecule has 0 saturated carbocycles. The van der Waals surface area contributed by atoms with E-state index in [2.05, 4.69) is 103 Å². The second-order valence-corrected chi connectivity index (χ2v) is 7.51. The van der Waals surface area contributed by atoms with Crippen molar-refractivity contribution in [2.24, 2.45) is 0 Å². The molecule has 0 radical (unpaired) electrons. The zero-order valence-electron chi connectivity index (χ0n) is 16.9. The number of hydrogen-bond acceptors (Lipinski definition) is 2. The third-order valence-corrected chi connectivity index (χ3v) is 5.29. The Morgan fingerprint density at radius 3 is 2.10 bits per heavy atom. The average molecular weight is 382 g/mol. The number of likely N-dealkylation sites (N-methyl/N-ethyl adjacent to an activating group) is 1. The molecule has 29 heavy (non-hydrogen) atoms. The van der Waals surface area contributed by atoms with Gasteiger partial charge in [0.15, 0.2) is 0 Å². The van der Waals surface area contributed by atoms with Crippen molar-refractivity contribution in [3.8, 4) is 5.75 Å². The Kier molecular flexibility index (Phi) is 6.23. The lowest BCUT2D eigenvalue weighted by Gasteiger charge is -2.21. The fourth-order valence-electron chi connectivity index (χ4n) is 3.66. The first kappa shape index (κ1) is 19.2. The van der Waals surface area contributed by atoms with Crippen LogP contribution in [0.5, 0.6) is 5.75 Å². The molecule has 2 heteroatoms. The largest absolute Gasteiger partial charge is 0.489 e. The van der Waals surface area contributed by atoms with Gasteiger partial charge in [0.05, 0.1) is 0 Å². The predicted octanol–water partition coefficient (Wildman–Crippen LogP) is 6.09. The third-order valence-electron chi connectivity index (χ3n) is 5.29. The van der Waals surface area contributed by atoms with E-state index in [-0.39, 0.29) is 0 Å². The molecule has 146 valence electrons. The van der Waals surface area contributed by atoms with Crippen LogP contribution in [0.4, 0.5) is 0 Å². The summed E-state index contributed by atoms with van der Waals surface area (Å²) in [6, 6.07) is 33.9. The van der Waals surface area contributed by atoms with E-state index in [1.807, 2.05) is 6.07 Å². The van der Waals surface area contributed by atoms with Gasteiger partial charge in [-0.2, -0.15) is 0 Å². The SMILES string of the molecule is CN(CCc1ccccc1)Cc1c(OCc2ccccc2)ccc2ccccc12. The average Bonchev–Trinajstić information content (AvgIpc) is 2.78. The van der Waals surface area contributed by atoms with Gasteiger partial charge in [0.2, 0.25) is 0 Å². The van der Waals surface area contributed by atoms with E-state index < -0.39 is 0 Å². The maximum absolute atomic E-state index is 6.27. The van der Waals surface area contributed by atoms with Gasteiger partial charge in [0, 0.05) is 18.7 Å². The Labute approximate surface area is 173 Å². The highest BCUT2D eigenvalue weighted by Crippen LogP contribution is 2.30. The quantitative estimate of drug-likeness (QED) is 0.366. The van der Waals surface area contributed by atoms with E-state index in [1.54, 1.807) is 0 Å².